The molecule has 104 valence electrons. The summed E-state index contributed by atoms with van der Waals surface area (Å²) in [5, 5.41) is 11.4. The molecule has 0 aliphatic heterocycles. The van der Waals surface area contributed by atoms with E-state index in [-0.39, 0.29) is 18.2 Å². The summed E-state index contributed by atoms with van der Waals surface area (Å²) in [6.07, 6.45) is 3.90. The molecule has 1 amide bonds. The molecule has 0 fully saturated rings. The largest absolute Gasteiger partial charge is 0.481 e. The van der Waals surface area contributed by atoms with Crippen molar-refractivity contribution in [1.82, 2.24) is 5.32 Å². The van der Waals surface area contributed by atoms with Gasteiger partial charge < -0.3 is 10.4 Å². The van der Waals surface area contributed by atoms with E-state index in [9.17, 15) is 9.59 Å². The Labute approximate surface area is 121 Å². The standard InChI is InChI=1S/C13H16ClNO3S/c1-2-9(7-13(17)18)8-15-12(16)6-4-10-3-5-11(14)19-10/h3-6,9H,2,7-8H2,1H3,(H,15,16)(H,17,18)/b6-4+. The van der Waals surface area contributed by atoms with Crippen molar-refractivity contribution in [2.24, 2.45) is 5.92 Å². The predicted molar refractivity (Wildman–Crippen MR) is 77.4 cm³/mol. The van der Waals surface area contributed by atoms with Gasteiger partial charge in [-0.25, -0.2) is 0 Å². The van der Waals surface area contributed by atoms with Gasteiger partial charge in [-0.3, -0.25) is 9.59 Å². The molecule has 1 atom stereocenters. The Morgan fingerprint density at radius 2 is 2.26 bits per heavy atom. The van der Waals surface area contributed by atoms with Crippen LogP contribution in [0.15, 0.2) is 18.2 Å². The lowest BCUT2D eigenvalue weighted by Crippen LogP contribution is -2.28. The van der Waals surface area contributed by atoms with Crippen molar-refractivity contribution in [3.63, 3.8) is 0 Å². The molecule has 1 aromatic rings. The highest BCUT2D eigenvalue weighted by Gasteiger charge is 2.11. The molecule has 0 aliphatic rings. The van der Waals surface area contributed by atoms with Gasteiger partial charge in [0.15, 0.2) is 0 Å². The van der Waals surface area contributed by atoms with Crippen molar-refractivity contribution >= 4 is 40.9 Å². The average Bonchev–Trinajstić information content (AvgIpc) is 2.77. The number of amides is 1. The Hall–Kier alpha value is -1.33. The maximum atomic E-state index is 11.6. The number of hydrogen-bond acceptors (Lipinski definition) is 3. The lowest BCUT2D eigenvalue weighted by atomic mass is 10.0. The Morgan fingerprint density at radius 1 is 1.53 bits per heavy atom. The normalized spacial score (nSPS) is 12.5. The minimum absolute atomic E-state index is 0.0361. The van der Waals surface area contributed by atoms with Crippen LogP contribution in [0.1, 0.15) is 24.6 Å². The van der Waals surface area contributed by atoms with Gasteiger partial charge in [0, 0.05) is 23.9 Å². The molecule has 0 radical (unpaired) electrons. The van der Waals surface area contributed by atoms with Crippen LogP contribution in [-0.4, -0.2) is 23.5 Å². The van der Waals surface area contributed by atoms with E-state index in [1.807, 2.05) is 13.0 Å². The van der Waals surface area contributed by atoms with Gasteiger partial charge in [0.05, 0.1) is 4.34 Å². The molecule has 0 saturated heterocycles. The molecule has 6 heteroatoms. The number of aliphatic carboxylic acids is 1. The van der Waals surface area contributed by atoms with Crippen LogP contribution in [0.3, 0.4) is 0 Å². The van der Waals surface area contributed by atoms with Gasteiger partial charge in [-0.15, -0.1) is 11.3 Å². The first-order valence-electron chi connectivity index (χ1n) is 5.94. The second-order valence-corrected chi connectivity index (χ2v) is 5.84. The molecule has 1 heterocycles. The van der Waals surface area contributed by atoms with E-state index in [0.29, 0.717) is 10.9 Å². The van der Waals surface area contributed by atoms with Crippen LogP contribution in [-0.2, 0) is 9.59 Å². The first-order chi connectivity index (χ1) is 9.01. The van der Waals surface area contributed by atoms with Crippen LogP contribution >= 0.6 is 22.9 Å². The topological polar surface area (TPSA) is 66.4 Å². The fraction of sp³-hybridized carbons (Fsp3) is 0.385. The highest BCUT2D eigenvalue weighted by molar-refractivity contribution is 7.17. The zero-order valence-corrected chi connectivity index (χ0v) is 12.1. The molecule has 0 saturated carbocycles. The Bertz CT molecular complexity index is 470. The van der Waals surface area contributed by atoms with Crippen LogP contribution in [0.4, 0.5) is 0 Å². The second-order valence-electron chi connectivity index (χ2n) is 4.09. The minimum atomic E-state index is -0.843. The molecular formula is C13H16ClNO3S. The molecular weight excluding hydrogens is 286 g/mol. The lowest BCUT2D eigenvalue weighted by molar-refractivity contribution is -0.138. The molecule has 0 bridgehead atoms. The summed E-state index contributed by atoms with van der Waals surface area (Å²) in [6, 6.07) is 3.60. The van der Waals surface area contributed by atoms with Gasteiger partial charge in [-0.1, -0.05) is 24.9 Å². The quantitative estimate of drug-likeness (QED) is 0.761. The van der Waals surface area contributed by atoms with Crippen LogP contribution < -0.4 is 5.32 Å². The van der Waals surface area contributed by atoms with E-state index < -0.39 is 5.97 Å². The van der Waals surface area contributed by atoms with Crippen LogP contribution in [0.2, 0.25) is 4.34 Å². The summed E-state index contributed by atoms with van der Waals surface area (Å²) in [5.41, 5.74) is 0. The third kappa shape index (κ3) is 6.40. The average molecular weight is 302 g/mol. The maximum absolute atomic E-state index is 11.6. The number of carbonyl (C=O) groups excluding carboxylic acids is 1. The SMILES string of the molecule is CCC(CNC(=O)/C=C/c1ccc(Cl)s1)CC(=O)O. The number of rotatable bonds is 7. The summed E-state index contributed by atoms with van der Waals surface area (Å²) in [6.45, 7) is 2.28. The second kappa shape index (κ2) is 7.96. The molecule has 0 aromatic carbocycles. The molecule has 0 spiro atoms. The van der Waals surface area contributed by atoms with Crippen molar-refractivity contribution in [2.45, 2.75) is 19.8 Å². The lowest BCUT2D eigenvalue weighted by Gasteiger charge is -2.12. The number of carbonyl (C=O) groups is 2. The zero-order valence-electron chi connectivity index (χ0n) is 10.6. The van der Waals surface area contributed by atoms with Crippen molar-refractivity contribution in [3.8, 4) is 0 Å². The first-order valence-corrected chi connectivity index (χ1v) is 7.13. The monoisotopic (exact) mass is 301 g/mol. The minimum Gasteiger partial charge on any atom is -0.481 e. The Morgan fingerprint density at radius 3 is 2.79 bits per heavy atom. The molecule has 1 aromatic heterocycles. The highest BCUT2D eigenvalue weighted by Crippen LogP contribution is 2.22. The van der Waals surface area contributed by atoms with Crippen molar-refractivity contribution in [1.29, 1.82) is 0 Å². The van der Waals surface area contributed by atoms with Gasteiger partial charge in [-0.2, -0.15) is 0 Å². The number of carboxylic acids is 1. The number of carboxylic acid groups (broad SMARTS) is 1. The fourth-order valence-corrected chi connectivity index (χ4v) is 2.45. The van der Waals surface area contributed by atoms with Gasteiger partial charge >= 0.3 is 5.97 Å². The van der Waals surface area contributed by atoms with Crippen LogP contribution in [0.5, 0.6) is 0 Å². The van der Waals surface area contributed by atoms with Gasteiger partial charge in [0.25, 0.3) is 0 Å². The summed E-state index contributed by atoms with van der Waals surface area (Å²) >= 11 is 7.16. The molecule has 4 nitrogen and oxygen atoms in total. The van der Waals surface area contributed by atoms with E-state index in [1.54, 1.807) is 12.1 Å². The van der Waals surface area contributed by atoms with Crippen LogP contribution in [0, 0.1) is 5.92 Å². The number of nitrogens with one attached hydrogen (secondary N) is 1. The number of halogens is 1. The van der Waals surface area contributed by atoms with Gasteiger partial charge in [0.1, 0.15) is 0 Å². The summed E-state index contributed by atoms with van der Waals surface area (Å²) in [5.74, 6) is -1.11. The summed E-state index contributed by atoms with van der Waals surface area (Å²) < 4.78 is 0.674. The fourth-order valence-electron chi connectivity index (χ4n) is 1.49. The van der Waals surface area contributed by atoms with E-state index >= 15 is 0 Å². The molecule has 0 aliphatic carbocycles. The van der Waals surface area contributed by atoms with Crippen LogP contribution in [0.25, 0.3) is 6.08 Å². The molecule has 2 N–H and O–H groups in total. The van der Waals surface area contributed by atoms with Crippen molar-refractivity contribution in [3.05, 3.63) is 27.4 Å². The van der Waals surface area contributed by atoms with Crippen molar-refractivity contribution < 1.29 is 14.7 Å². The Balaban J connectivity index is 2.38. The van der Waals surface area contributed by atoms with E-state index in [4.69, 9.17) is 16.7 Å². The Kier molecular flexibility index (Phi) is 6.59. The zero-order chi connectivity index (χ0) is 14.3. The van der Waals surface area contributed by atoms with E-state index in [0.717, 1.165) is 11.3 Å². The highest BCUT2D eigenvalue weighted by atomic mass is 35.5. The molecule has 1 unspecified atom stereocenters. The number of thiophene rings is 1. The molecule has 19 heavy (non-hydrogen) atoms. The van der Waals surface area contributed by atoms with E-state index in [1.165, 1.54) is 17.4 Å². The van der Waals surface area contributed by atoms with Gasteiger partial charge in [-0.05, 0) is 24.1 Å². The third-order valence-electron chi connectivity index (χ3n) is 2.60. The third-order valence-corrected chi connectivity index (χ3v) is 3.79. The smallest absolute Gasteiger partial charge is 0.303 e. The molecule has 1 rings (SSSR count). The number of hydrogen-bond donors (Lipinski definition) is 2. The maximum Gasteiger partial charge on any atom is 0.303 e. The predicted octanol–water partition coefficient (Wildman–Crippen LogP) is 3.03. The summed E-state index contributed by atoms with van der Waals surface area (Å²) in [7, 11) is 0. The van der Waals surface area contributed by atoms with E-state index in [2.05, 4.69) is 5.32 Å². The van der Waals surface area contributed by atoms with Gasteiger partial charge in [0.2, 0.25) is 5.91 Å². The summed E-state index contributed by atoms with van der Waals surface area (Å²) in [4.78, 5) is 23.0. The van der Waals surface area contributed by atoms with Crippen molar-refractivity contribution in [2.75, 3.05) is 6.54 Å². The first kappa shape index (κ1) is 15.7.